The standard InChI is InChI=1S/C18H15N5O5.CH5NO2S/c1-9(24)15(23-22-12-5-3-2-4-11(12)17(26)27)16(25)19-10-6-7-13-14(8-10)21-18(28)20-13;1-5(2,3)4/h2-8,15H,1H3,(H,19,25)(H,26,27)(H2,20,21,28);1H3,(H2,2,3,4). The number of primary sulfonamides is 1. The molecule has 1 unspecified atom stereocenters. The number of nitrogens with two attached hydrogens (primary N) is 1. The molecule has 13 nitrogen and oxygen atoms in total. The Morgan fingerprint density at radius 1 is 1.09 bits per heavy atom. The molecule has 2 aromatic carbocycles. The largest absolute Gasteiger partial charge is 0.478 e. The molecule has 0 saturated heterocycles. The molecule has 0 aliphatic rings. The highest BCUT2D eigenvalue weighted by atomic mass is 32.2. The zero-order chi connectivity index (χ0) is 24.8. The third-order valence-electron chi connectivity index (χ3n) is 3.83. The monoisotopic (exact) mass is 476 g/mol. The van der Waals surface area contributed by atoms with Crippen LogP contribution in [-0.2, 0) is 19.6 Å². The Morgan fingerprint density at radius 2 is 1.70 bits per heavy atom. The number of nitrogens with one attached hydrogen (secondary N) is 3. The van der Waals surface area contributed by atoms with E-state index in [1.807, 2.05) is 0 Å². The first kappa shape index (κ1) is 25.1. The Kier molecular flexibility index (Phi) is 7.93. The fourth-order valence-corrected chi connectivity index (χ4v) is 2.50. The van der Waals surface area contributed by atoms with E-state index in [2.05, 4.69) is 30.7 Å². The number of carbonyl (C=O) groups excluding carboxylic acids is 2. The quantitative estimate of drug-likeness (QED) is 0.258. The summed E-state index contributed by atoms with van der Waals surface area (Å²) in [5.41, 5.74) is 0.942. The summed E-state index contributed by atoms with van der Waals surface area (Å²) >= 11 is 0. The molecule has 174 valence electrons. The van der Waals surface area contributed by atoms with E-state index >= 15 is 0 Å². The van der Waals surface area contributed by atoms with Gasteiger partial charge in [-0.3, -0.25) is 9.59 Å². The number of sulfonamides is 1. The summed E-state index contributed by atoms with van der Waals surface area (Å²) in [6.07, 6.45) is 0.938. The van der Waals surface area contributed by atoms with Crippen LogP contribution in [0.3, 0.4) is 0 Å². The second-order valence-electron chi connectivity index (χ2n) is 6.71. The van der Waals surface area contributed by atoms with Crippen molar-refractivity contribution in [2.45, 2.75) is 13.0 Å². The van der Waals surface area contributed by atoms with Crippen molar-refractivity contribution in [3.8, 4) is 0 Å². The molecule has 3 aromatic rings. The number of azo groups is 1. The Hall–Kier alpha value is -4.17. The summed E-state index contributed by atoms with van der Waals surface area (Å²) in [5.74, 6) is -2.50. The van der Waals surface area contributed by atoms with Gasteiger partial charge >= 0.3 is 11.7 Å². The van der Waals surface area contributed by atoms with Gasteiger partial charge in [0.15, 0.2) is 5.78 Å². The first-order chi connectivity index (χ1) is 15.3. The number of aromatic nitrogens is 2. The number of carboxylic acid groups (broad SMARTS) is 1. The smallest absolute Gasteiger partial charge is 0.337 e. The number of aromatic amines is 2. The molecule has 1 aromatic heterocycles. The SMILES string of the molecule is CC(=O)C(N=Nc1ccccc1C(=O)O)C(=O)Nc1ccc2[nH]c(=O)[nH]c2c1.CS(N)(=O)=O. The number of H-pyrrole nitrogens is 2. The first-order valence-electron chi connectivity index (χ1n) is 9.09. The van der Waals surface area contributed by atoms with Gasteiger partial charge in [-0.2, -0.15) is 10.2 Å². The number of nitrogens with zero attached hydrogens (tertiary/aromatic N) is 2. The van der Waals surface area contributed by atoms with E-state index in [4.69, 9.17) is 5.11 Å². The number of hydrogen-bond acceptors (Lipinski definition) is 8. The zero-order valence-electron chi connectivity index (χ0n) is 17.4. The van der Waals surface area contributed by atoms with Gasteiger partial charge in [-0.1, -0.05) is 12.1 Å². The van der Waals surface area contributed by atoms with Gasteiger partial charge < -0.3 is 20.4 Å². The molecule has 0 bridgehead atoms. The van der Waals surface area contributed by atoms with E-state index in [0.717, 1.165) is 6.26 Å². The number of aromatic carboxylic acids is 1. The Bertz CT molecular complexity index is 1380. The lowest BCUT2D eigenvalue weighted by Gasteiger charge is -2.09. The highest BCUT2D eigenvalue weighted by molar-refractivity contribution is 7.88. The molecule has 33 heavy (non-hydrogen) atoms. The number of Topliss-reactive ketones (excluding diaryl/α,β-unsaturated/α-hetero) is 1. The number of imidazole rings is 1. The van der Waals surface area contributed by atoms with Crippen LogP contribution < -0.4 is 16.1 Å². The summed E-state index contributed by atoms with van der Waals surface area (Å²) in [6, 6.07) is 9.07. The van der Waals surface area contributed by atoms with Crippen LogP contribution in [0.15, 0.2) is 57.5 Å². The Balaban J connectivity index is 0.000000696. The second-order valence-corrected chi connectivity index (χ2v) is 8.37. The van der Waals surface area contributed by atoms with Crippen LogP contribution in [0.5, 0.6) is 0 Å². The van der Waals surface area contributed by atoms with Crippen LogP contribution in [0, 0.1) is 0 Å². The van der Waals surface area contributed by atoms with Crippen molar-refractivity contribution in [2.24, 2.45) is 15.4 Å². The van der Waals surface area contributed by atoms with E-state index in [9.17, 15) is 27.6 Å². The van der Waals surface area contributed by atoms with Gasteiger partial charge in [0.1, 0.15) is 0 Å². The van der Waals surface area contributed by atoms with Crippen molar-refractivity contribution < 1.29 is 27.9 Å². The highest BCUT2D eigenvalue weighted by Gasteiger charge is 2.23. The summed E-state index contributed by atoms with van der Waals surface area (Å²) in [7, 11) is -3.17. The van der Waals surface area contributed by atoms with Crippen molar-refractivity contribution in [1.82, 2.24) is 9.97 Å². The molecule has 14 heteroatoms. The lowest BCUT2D eigenvalue weighted by Crippen LogP contribution is -2.31. The molecule has 1 atom stereocenters. The molecule has 0 aliphatic carbocycles. The number of carbonyl (C=O) groups is 3. The summed E-state index contributed by atoms with van der Waals surface area (Å²) in [4.78, 5) is 51.9. The number of anilines is 1. The highest BCUT2D eigenvalue weighted by Crippen LogP contribution is 2.20. The maximum atomic E-state index is 12.5. The van der Waals surface area contributed by atoms with Gasteiger partial charge in [0, 0.05) is 5.69 Å². The molecule has 0 fully saturated rings. The lowest BCUT2D eigenvalue weighted by molar-refractivity contribution is -0.126. The Morgan fingerprint density at radius 3 is 2.30 bits per heavy atom. The van der Waals surface area contributed by atoms with Gasteiger partial charge in [0.05, 0.1) is 28.5 Å². The predicted molar refractivity (Wildman–Crippen MR) is 119 cm³/mol. The average Bonchev–Trinajstić information content (AvgIpc) is 3.06. The van der Waals surface area contributed by atoms with Gasteiger partial charge in [0.2, 0.25) is 16.1 Å². The van der Waals surface area contributed by atoms with Crippen molar-refractivity contribution in [3.05, 3.63) is 58.5 Å². The maximum Gasteiger partial charge on any atom is 0.337 e. The van der Waals surface area contributed by atoms with Gasteiger partial charge in [-0.25, -0.2) is 23.1 Å². The minimum atomic E-state index is -3.17. The minimum Gasteiger partial charge on any atom is -0.478 e. The molecule has 0 radical (unpaired) electrons. The molecule has 0 aliphatic heterocycles. The van der Waals surface area contributed by atoms with Crippen molar-refractivity contribution >= 4 is 50.1 Å². The first-order valence-corrected chi connectivity index (χ1v) is 11.0. The predicted octanol–water partition coefficient (Wildman–Crippen LogP) is 1.14. The van der Waals surface area contributed by atoms with Crippen LogP contribution >= 0.6 is 0 Å². The fraction of sp³-hybridized carbons (Fsp3) is 0.158. The van der Waals surface area contributed by atoms with E-state index in [1.165, 1.54) is 31.2 Å². The average molecular weight is 476 g/mol. The number of fused-ring (bicyclic) bond motifs is 1. The van der Waals surface area contributed by atoms with Crippen LogP contribution in [0.4, 0.5) is 11.4 Å². The number of ketones is 1. The fourth-order valence-electron chi connectivity index (χ4n) is 2.50. The van der Waals surface area contributed by atoms with E-state index in [1.54, 1.807) is 18.2 Å². The summed E-state index contributed by atoms with van der Waals surface area (Å²) in [6.45, 7) is 1.18. The second kappa shape index (κ2) is 10.4. The number of amides is 1. The number of hydrogen-bond donors (Lipinski definition) is 5. The van der Waals surface area contributed by atoms with Crippen molar-refractivity contribution in [2.75, 3.05) is 11.6 Å². The third-order valence-corrected chi connectivity index (χ3v) is 3.83. The van der Waals surface area contributed by atoms with Crippen LogP contribution in [0.25, 0.3) is 11.0 Å². The van der Waals surface area contributed by atoms with Crippen molar-refractivity contribution in [3.63, 3.8) is 0 Å². The normalized spacial score (nSPS) is 12.1. The molecular weight excluding hydrogens is 456 g/mol. The van der Waals surface area contributed by atoms with Crippen molar-refractivity contribution in [1.29, 1.82) is 0 Å². The summed E-state index contributed by atoms with van der Waals surface area (Å²) < 4.78 is 18.8. The minimum absolute atomic E-state index is 0.0281. The number of benzene rings is 2. The summed E-state index contributed by atoms with van der Waals surface area (Å²) in [5, 5.41) is 23.5. The van der Waals surface area contributed by atoms with E-state index in [0.29, 0.717) is 16.7 Å². The zero-order valence-corrected chi connectivity index (χ0v) is 18.2. The topological polar surface area (TPSA) is 217 Å². The third kappa shape index (κ3) is 7.79. The molecule has 3 rings (SSSR count). The van der Waals surface area contributed by atoms with E-state index in [-0.39, 0.29) is 16.9 Å². The van der Waals surface area contributed by atoms with Crippen LogP contribution in [0.2, 0.25) is 0 Å². The molecule has 0 spiro atoms. The number of carboxylic acids is 1. The molecule has 1 heterocycles. The maximum absolute atomic E-state index is 12.5. The molecule has 1 amide bonds. The molecule has 0 saturated carbocycles. The van der Waals surface area contributed by atoms with Gasteiger partial charge in [0.25, 0.3) is 5.91 Å². The number of rotatable bonds is 6. The van der Waals surface area contributed by atoms with E-state index < -0.39 is 33.7 Å². The van der Waals surface area contributed by atoms with Crippen LogP contribution in [-0.4, -0.2) is 53.4 Å². The Labute approximate surface area is 186 Å². The molecular formula is C19H20N6O7S. The molecule has 6 N–H and O–H groups in total. The van der Waals surface area contributed by atoms with Crippen LogP contribution in [0.1, 0.15) is 17.3 Å². The van der Waals surface area contributed by atoms with Gasteiger partial charge in [-0.15, -0.1) is 0 Å². The van der Waals surface area contributed by atoms with Gasteiger partial charge in [-0.05, 0) is 37.3 Å². The lowest BCUT2D eigenvalue weighted by atomic mass is 10.2.